The Morgan fingerprint density at radius 3 is 2.69 bits per heavy atom. The summed E-state index contributed by atoms with van der Waals surface area (Å²) in [5.41, 5.74) is 5.84. The molecule has 1 saturated carbocycles. The van der Waals surface area contributed by atoms with Crippen LogP contribution in [0.3, 0.4) is 0 Å². The zero-order chi connectivity index (χ0) is 12.0. The lowest BCUT2D eigenvalue weighted by atomic mass is 9.94. The highest BCUT2D eigenvalue weighted by Crippen LogP contribution is 2.29. The Balaban J connectivity index is 2.15. The third-order valence-corrected chi connectivity index (χ3v) is 3.38. The predicted octanol–water partition coefficient (Wildman–Crippen LogP) is 0.925. The highest BCUT2D eigenvalue weighted by Gasteiger charge is 2.31. The molecule has 1 unspecified atom stereocenters. The van der Waals surface area contributed by atoms with E-state index in [0.717, 1.165) is 32.1 Å². The van der Waals surface area contributed by atoms with Gasteiger partial charge >= 0.3 is 0 Å². The third-order valence-electron chi connectivity index (χ3n) is 3.38. The average Bonchev–Trinajstić information content (AvgIpc) is 2.64. The van der Waals surface area contributed by atoms with Gasteiger partial charge in [0.2, 0.25) is 5.91 Å². The molecule has 1 aliphatic carbocycles. The first-order valence-corrected chi connectivity index (χ1v) is 6.29. The summed E-state index contributed by atoms with van der Waals surface area (Å²) >= 11 is 0. The van der Waals surface area contributed by atoms with Crippen molar-refractivity contribution in [3.05, 3.63) is 0 Å². The molecule has 1 atom stereocenters. The van der Waals surface area contributed by atoms with E-state index in [-0.39, 0.29) is 17.6 Å². The molecule has 94 valence electrons. The van der Waals surface area contributed by atoms with Gasteiger partial charge in [0.15, 0.2) is 0 Å². The average molecular weight is 228 g/mol. The van der Waals surface area contributed by atoms with Gasteiger partial charge in [0.05, 0.1) is 6.10 Å². The van der Waals surface area contributed by atoms with E-state index in [1.807, 2.05) is 6.92 Å². The lowest BCUT2D eigenvalue weighted by Crippen LogP contribution is -2.42. The van der Waals surface area contributed by atoms with Crippen LogP contribution in [0.4, 0.5) is 0 Å². The van der Waals surface area contributed by atoms with Gasteiger partial charge in [-0.15, -0.1) is 0 Å². The van der Waals surface area contributed by atoms with Gasteiger partial charge in [0.25, 0.3) is 0 Å². The van der Waals surface area contributed by atoms with Crippen molar-refractivity contribution in [2.45, 2.75) is 63.5 Å². The van der Waals surface area contributed by atoms with E-state index in [1.54, 1.807) is 0 Å². The molecule has 0 aliphatic heterocycles. The normalized spacial score (nSPS) is 20.7. The lowest BCUT2D eigenvalue weighted by Gasteiger charge is -2.22. The number of aliphatic hydroxyl groups excluding tert-OH is 1. The summed E-state index contributed by atoms with van der Waals surface area (Å²) < 4.78 is 0. The molecule has 1 amide bonds. The predicted molar refractivity (Wildman–Crippen MR) is 63.9 cm³/mol. The number of hydrogen-bond acceptors (Lipinski definition) is 3. The van der Waals surface area contributed by atoms with Crippen molar-refractivity contribution in [3.8, 4) is 0 Å². The van der Waals surface area contributed by atoms with E-state index in [9.17, 15) is 9.90 Å². The summed E-state index contributed by atoms with van der Waals surface area (Å²) in [5.74, 6) is 0.0210. The number of carbonyl (C=O) groups is 1. The fourth-order valence-corrected chi connectivity index (χ4v) is 2.22. The van der Waals surface area contributed by atoms with Crippen molar-refractivity contribution in [1.82, 2.24) is 5.32 Å². The van der Waals surface area contributed by atoms with Crippen molar-refractivity contribution < 1.29 is 9.90 Å². The van der Waals surface area contributed by atoms with Crippen molar-refractivity contribution in [3.63, 3.8) is 0 Å². The molecule has 0 aromatic carbocycles. The van der Waals surface area contributed by atoms with E-state index >= 15 is 0 Å². The van der Waals surface area contributed by atoms with Gasteiger partial charge < -0.3 is 16.2 Å². The van der Waals surface area contributed by atoms with Crippen molar-refractivity contribution >= 4 is 5.91 Å². The second-order valence-corrected chi connectivity index (χ2v) is 4.95. The van der Waals surface area contributed by atoms with Gasteiger partial charge in [-0.25, -0.2) is 0 Å². The largest absolute Gasteiger partial charge is 0.393 e. The van der Waals surface area contributed by atoms with Crippen molar-refractivity contribution in [1.29, 1.82) is 0 Å². The molecule has 1 aliphatic rings. The fraction of sp³-hybridized carbons (Fsp3) is 0.917. The standard InChI is InChI=1S/C12H24N2O2/c1-2-10(15)5-8-14-11(16)9-12(13)6-3-4-7-12/h10,15H,2-9,13H2,1H3,(H,14,16). The van der Waals surface area contributed by atoms with Gasteiger partial charge in [-0.2, -0.15) is 0 Å². The van der Waals surface area contributed by atoms with E-state index in [4.69, 9.17) is 5.73 Å². The summed E-state index contributed by atoms with van der Waals surface area (Å²) in [4.78, 5) is 11.6. The number of hydrogen-bond donors (Lipinski definition) is 3. The van der Waals surface area contributed by atoms with E-state index in [2.05, 4.69) is 5.32 Å². The van der Waals surface area contributed by atoms with Crippen LogP contribution in [0.1, 0.15) is 51.9 Å². The fourth-order valence-electron chi connectivity index (χ4n) is 2.22. The number of carbonyl (C=O) groups excluding carboxylic acids is 1. The zero-order valence-corrected chi connectivity index (χ0v) is 10.2. The van der Waals surface area contributed by atoms with Gasteiger partial charge in [-0.1, -0.05) is 19.8 Å². The minimum atomic E-state index is -0.307. The summed E-state index contributed by atoms with van der Waals surface area (Å²) in [6.45, 7) is 2.48. The smallest absolute Gasteiger partial charge is 0.221 e. The quantitative estimate of drug-likeness (QED) is 0.633. The second-order valence-electron chi connectivity index (χ2n) is 4.95. The van der Waals surface area contributed by atoms with E-state index < -0.39 is 0 Å². The molecule has 4 N–H and O–H groups in total. The topological polar surface area (TPSA) is 75.3 Å². The maximum absolute atomic E-state index is 11.6. The molecule has 4 heteroatoms. The van der Waals surface area contributed by atoms with Gasteiger partial charge in [0, 0.05) is 18.5 Å². The van der Waals surface area contributed by atoms with E-state index in [0.29, 0.717) is 19.4 Å². The minimum absolute atomic E-state index is 0.0210. The summed E-state index contributed by atoms with van der Waals surface area (Å²) in [6.07, 6.45) is 5.66. The van der Waals surface area contributed by atoms with Crippen LogP contribution in [-0.2, 0) is 4.79 Å². The van der Waals surface area contributed by atoms with Gasteiger partial charge in [0.1, 0.15) is 0 Å². The maximum atomic E-state index is 11.6. The number of nitrogens with one attached hydrogen (secondary N) is 1. The highest BCUT2D eigenvalue weighted by molar-refractivity contribution is 5.77. The molecular formula is C12H24N2O2. The molecule has 0 aromatic heterocycles. The molecule has 0 aromatic rings. The van der Waals surface area contributed by atoms with E-state index in [1.165, 1.54) is 0 Å². The maximum Gasteiger partial charge on any atom is 0.221 e. The van der Waals surface area contributed by atoms with Crippen LogP contribution in [0, 0.1) is 0 Å². The summed E-state index contributed by atoms with van der Waals surface area (Å²) in [6, 6.07) is 0. The summed E-state index contributed by atoms with van der Waals surface area (Å²) in [7, 11) is 0. The number of aliphatic hydroxyl groups is 1. The van der Waals surface area contributed by atoms with Crippen LogP contribution in [0.25, 0.3) is 0 Å². The molecule has 1 fully saturated rings. The van der Waals surface area contributed by atoms with Gasteiger partial charge in [-0.05, 0) is 25.7 Å². The van der Waals surface area contributed by atoms with Crippen LogP contribution >= 0.6 is 0 Å². The van der Waals surface area contributed by atoms with Crippen molar-refractivity contribution in [2.24, 2.45) is 5.73 Å². The molecule has 0 bridgehead atoms. The number of rotatable bonds is 6. The zero-order valence-electron chi connectivity index (χ0n) is 10.2. The Kier molecular flexibility index (Phi) is 5.22. The van der Waals surface area contributed by atoms with Crippen molar-refractivity contribution in [2.75, 3.05) is 6.54 Å². The third kappa shape index (κ3) is 4.49. The molecule has 0 radical (unpaired) electrons. The first-order chi connectivity index (χ1) is 7.56. The summed E-state index contributed by atoms with van der Waals surface area (Å²) in [5, 5.41) is 12.2. The highest BCUT2D eigenvalue weighted by atomic mass is 16.3. The molecule has 16 heavy (non-hydrogen) atoms. The molecule has 0 heterocycles. The van der Waals surface area contributed by atoms with Crippen LogP contribution in [0.5, 0.6) is 0 Å². The van der Waals surface area contributed by atoms with Crippen LogP contribution in [0.2, 0.25) is 0 Å². The first kappa shape index (κ1) is 13.5. The Hall–Kier alpha value is -0.610. The molecule has 0 saturated heterocycles. The Labute approximate surface area is 97.6 Å². The van der Waals surface area contributed by atoms with Gasteiger partial charge in [-0.3, -0.25) is 4.79 Å². The first-order valence-electron chi connectivity index (χ1n) is 6.29. The Morgan fingerprint density at radius 2 is 2.12 bits per heavy atom. The van der Waals surface area contributed by atoms with Crippen LogP contribution in [-0.4, -0.2) is 29.2 Å². The second kappa shape index (κ2) is 6.21. The number of nitrogens with two attached hydrogens (primary N) is 1. The molecule has 0 spiro atoms. The van der Waals surface area contributed by atoms with Crippen LogP contribution < -0.4 is 11.1 Å². The monoisotopic (exact) mass is 228 g/mol. The molecule has 4 nitrogen and oxygen atoms in total. The SMILES string of the molecule is CCC(O)CCNC(=O)CC1(N)CCCC1. The molecule has 1 rings (SSSR count). The number of amides is 1. The Morgan fingerprint density at radius 1 is 1.50 bits per heavy atom. The lowest BCUT2D eigenvalue weighted by molar-refractivity contribution is -0.122. The van der Waals surface area contributed by atoms with Crippen LogP contribution in [0.15, 0.2) is 0 Å². The minimum Gasteiger partial charge on any atom is -0.393 e. The molecular weight excluding hydrogens is 204 g/mol. The Bertz CT molecular complexity index is 225.